The fourth-order valence-corrected chi connectivity index (χ4v) is 4.72. The molecule has 1 aliphatic heterocycles. The van der Waals surface area contributed by atoms with E-state index in [0.29, 0.717) is 40.7 Å². The van der Waals surface area contributed by atoms with Gasteiger partial charge in [0.05, 0.1) is 36.9 Å². The highest BCUT2D eigenvalue weighted by Crippen LogP contribution is 2.43. The molecule has 2 unspecified atom stereocenters. The van der Waals surface area contributed by atoms with Crippen LogP contribution in [0.3, 0.4) is 0 Å². The Morgan fingerprint density at radius 2 is 1.62 bits per heavy atom. The number of methoxy groups -OCH3 is 2. The molecule has 3 N–H and O–H groups in total. The van der Waals surface area contributed by atoms with Crippen LogP contribution < -0.4 is 20.5 Å². The van der Waals surface area contributed by atoms with Gasteiger partial charge in [-0.25, -0.2) is 0 Å². The number of rotatable bonds is 8. The molecule has 0 spiro atoms. The molecule has 0 saturated carbocycles. The molecule has 7 heteroatoms. The lowest BCUT2D eigenvalue weighted by molar-refractivity contribution is -0.124. The van der Waals surface area contributed by atoms with E-state index in [0.717, 1.165) is 23.2 Å². The molecular weight excluding hydrogens is 426 g/mol. The van der Waals surface area contributed by atoms with E-state index in [1.165, 1.54) is 0 Å². The van der Waals surface area contributed by atoms with Crippen LogP contribution in [0.15, 0.2) is 30.3 Å². The average Bonchev–Trinajstić information content (AvgIpc) is 2.75. The summed E-state index contributed by atoms with van der Waals surface area (Å²) in [5.41, 5.74) is 9.34. The average molecular weight is 460 g/mol. The molecule has 0 aliphatic carbocycles. The smallest absolute Gasteiger partial charge is 0.228 e. The third-order valence-electron chi connectivity index (χ3n) is 6.23. The van der Waals surface area contributed by atoms with Crippen molar-refractivity contribution >= 4 is 23.2 Å². The summed E-state index contributed by atoms with van der Waals surface area (Å²) in [6.45, 7) is 9.56. The first-order chi connectivity index (χ1) is 15.2. The largest absolute Gasteiger partial charge is 0.493 e. The molecule has 0 aromatic heterocycles. The second kappa shape index (κ2) is 10.0. The van der Waals surface area contributed by atoms with Crippen LogP contribution in [0, 0.1) is 0 Å². The van der Waals surface area contributed by atoms with Crippen LogP contribution in [0.2, 0.25) is 5.02 Å². The maximum absolute atomic E-state index is 13.3. The predicted octanol–water partition coefficient (Wildman–Crippen LogP) is 4.75. The maximum Gasteiger partial charge on any atom is 0.228 e. The molecule has 2 aromatic rings. The van der Waals surface area contributed by atoms with Crippen LogP contribution >= 0.6 is 11.6 Å². The van der Waals surface area contributed by atoms with Crippen LogP contribution in [0.4, 0.5) is 5.69 Å². The van der Waals surface area contributed by atoms with E-state index in [9.17, 15) is 4.79 Å². The molecule has 0 saturated heterocycles. The number of carbonyl (C=O) groups is 1. The molecule has 6 nitrogen and oxygen atoms in total. The number of halogens is 1. The Balaban J connectivity index is 2.06. The minimum Gasteiger partial charge on any atom is -0.493 e. The minimum atomic E-state index is -0.348. The standard InChI is InChI=1S/C25H34ClN3O3/c1-14(2)29(15(3)4)10-9-17-18-12-22(31-5)23(32-6)13-19(18)24(28-25(17)30)16-7-8-20(26)21(27)11-16/h7-8,11-15,17,24H,9-10,27H2,1-6H3,(H,28,30). The van der Waals surface area contributed by atoms with Gasteiger partial charge in [-0.1, -0.05) is 17.7 Å². The number of fused-ring (bicyclic) bond motifs is 1. The molecule has 0 bridgehead atoms. The minimum absolute atomic E-state index is 0.00398. The number of nitrogens with one attached hydrogen (secondary N) is 1. The van der Waals surface area contributed by atoms with Crippen LogP contribution in [-0.4, -0.2) is 43.7 Å². The molecule has 2 aromatic carbocycles. The Kier molecular flexibility index (Phi) is 7.57. The number of nitrogens with zero attached hydrogens (tertiary/aromatic N) is 1. The monoisotopic (exact) mass is 459 g/mol. The number of hydrogen-bond acceptors (Lipinski definition) is 5. The first-order valence-electron chi connectivity index (χ1n) is 11.0. The Morgan fingerprint density at radius 1 is 1.03 bits per heavy atom. The topological polar surface area (TPSA) is 76.8 Å². The van der Waals surface area contributed by atoms with Crippen molar-refractivity contribution in [2.75, 3.05) is 26.5 Å². The van der Waals surface area contributed by atoms with Gasteiger partial charge in [0, 0.05) is 12.1 Å². The van der Waals surface area contributed by atoms with E-state index in [1.807, 2.05) is 24.3 Å². The molecule has 2 atom stereocenters. The fourth-order valence-electron chi connectivity index (χ4n) is 4.61. The third-order valence-corrected chi connectivity index (χ3v) is 6.58. The maximum atomic E-state index is 13.3. The van der Waals surface area contributed by atoms with Crippen LogP contribution in [0.25, 0.3) is 0 Å². The van der Waals surface area contributed by atoms with Gasteiger partial charge in [-0.3, -0.25) is 9.69 Å². The van der Waals surface area contributed by atoms with Crippen molar-refractivity contribution in [2.45, 2.75) is 58.2 Å². The van der Waals surface area contributed by atoms with Gasteiger partial charge in [-0.15, -0.1) is 0 Å². The van der Waals surface area contributed by atoms with E-state index in [4.69, 9.17) is 26.8 Å². The highest BCUT2D eigenvalue weighted by Gasteiger charge is 2.36. The van der Waals surface area contributed by atoms with Crippen molar-refractivity contribution < 1.29 is 14.3 Å². The lowest BCUT2D eigenvalue weighted by Crippen LogP contribution is -2.42. The second-order valence-electron chi connectivity index (χ2n) is 8.83. The van der Waals surface area contributed by atoms with Crippen molar-refractivity contribution in [2.24, 2.45) is 0 Å². The number of benzene rings is 2. The van der Waals surface area contributed by atoms with Gasteiger partial charge in [0.1, 0.15) is 0 Å². The van der Waals surface area contributed by atoms with E-state index in [2.05, 4.69) is 37.9 Å². The zero-order valence-corrected chi connectivity index (χ0v) is 20.5. The summed E-state index contributed by atoms with van der Waals surface area (Å²) in [6, 6.07) is 9.81. The van der Waals surface area contributed by atoms with Crippen molar-refractivity contribution in [3.8, 4) is 11.5 Å². The first-order valence-corrected chi connectivity index (χ1v) is 11.4. The van der Waals surface area contributed by atoms with Crippen molar-refractivity contribution in [3.63, 3.8) is 0 Å². The molecule has 0 fully saturated rings. The lowest BCUT2D eigenvalue weighted by Gasteiger charge is -2.36. The van der Waals surface area contributed by atoms with Crippen LogP contribution in [0.1, 0.15) is 62.8 Å². The van der Waals surface area contributed by atoms with Gasteiger partial charge < -0.3 is 20.5 Å². The molecule has 0 radical (unpaired) electrons. The highest BCUT2D eigenvalue weighted by molar-refractivity contribution is 6.33. The highest BCUT2D eigenvalue weighted by atomic mass is 35.5. The van der Waals surface area contributed by atoms with E-state index in [-0.39, 0.29) is 17.9 Å². The van der Waals surface area contributed by atoms with Gasteiger partial charge in [0.15, 0.2) is 11.5 Å². The summed E-state index contributed by atoms with van der Waals surface area (Å²) in [4.78, 5) is 15.7. The molecule has 174 valence electrons. The summed E-state index contributed by atoms with van der Waals surface area (Å²) >= 11 is 6.13. The molecule has 1 aliphatic rings. The normalized spacial score (nSPS) is 18.1. The van der Waals surface area contributed by atoms with Gasteiger partial charge in [-0.05, 0) is 81.6 Å². The number of hydrogen-bond donors (Lipinski definition) is 2. The van der Waals surface area contributed by atoms with E-state index >= 15 is 0 Å². The zero-order valence-electron chi connectivity index (χ0n) is 19.7. The van der Waals surface area contributed by atoms with Gasteiger partial charge in [0.2, 0.25) is 5.91 Å². The SMILES string of the molecule is COc1cc2c(cc1OC)C(c1ccc(Cl)c(N)c1)NC(=O)C2CCN(C(C)C)C(C)C. The summed E-state index contributed by atoms with van der Waals surface area (Å²) in [5, 5.41) is 3.69. The number of nitrogens with two attached hydrogens (primary N) is 1. The van der Waals surface area contributed by atoms with E-state index in [1.54, 1.807) is 20.3 Å². The van der Waals surface area contributed by atoms with Crippen molar-refractivity contribution in [1.82, 2.24) is 10.2 Å². The zero-order chi connectivity index (χ0) is 23.6. The number of nitrogen functional groups attached to an aromatic ring is 1. The predicted molar refractivity (Wildman–Crippen MR) is 130 cm³/mol. The third kappa shape index (κ3) is 4.81. The number of ether oxygens (including phenoxy) is 2. The van der Waals surface area contributed by atoms with Crippen molar-refractivity contribution in [3.05, 3.63) is 52.0 Å². The Bertz CT molecular complexity index is 969. The van der Waals surface area contributed by atoms with E-state index < -0.39 is 0 Å². The Morgan fingerprint density at radius 3 is 2.16 bits per heavy atom. The van der Waals surface area contributed by atoms with Gasteiger partial charge in [-0.2, -0.15) is 0 Å². The summed E-state index contributed by atoms with van der Waals surface area (Å²) < 4.78 is 11.1. The van der Waals surface area contributed by atoms with Crippen molar-refractivity contribution in [1.29, 1.82) is 0 Å². The molecule has 3 rings (SSSR count). The summed E-state index contributed by atoms with van der Waals surface area (Å²) in [6.07, 6.45) is 0.708. The van der Waals surface area contributed by atoms with Crippen LogP contribution in [0.5, 0.6) is 11.5 Å². The van der Waals surface area contributed by atoms with Crippen LogP contribution in [-0.2, 0) is 4.79 Å². The number of amides is 1. The lowest BCUT2D eigenvalue weighted by atomic mass is 9.81. The molecule has 1 amide bonds. The Hall–Kier alpha value is -2.44. The summed E-state index contributed by atoms with van der Waals surface area (Å²) in [5.74, 6) is 0.949. The fraction of sp³-hybridized carbons (Fsp3) is 0.480. The summed E-state index contributed by atoms with van der Waals surface area (Å²) in [7, 11) is 3.22. The molecule has 1 heterocycles. The quantitative estimate of drug-likeness (QED) is 0.557. The van der Waals surface area contributed by atoms with Gasteiger partial charge in [0.25, 0.3) is 0 Å². The van der Waals surface area contributed by atoms with Gasteiger partial charge >= 0.3 is 0 Å². The molecule has 32 heavy (non-hydrogen) atoms. The molecular formula is C25H34ClN3O3. The number of anilines is 1. The number of carbonyl (C=O) groups excluding carboxylic acids is 1. The first kappa shape index (κ1) is 24.2. The second-order valence-corrected chi connectivity index (χ2v) is 9.23. The Labute approximate surface area is 196 Å².